The van der Waals surface area contributed by atoms with Crippen molar-refractivity contribution in [1.29, 1.82) is 0 Å². The number of nitrogens with zero attached hydrogens (tertiary/aromatic N) is 4. The molecule has 11 heteroatoms. The van der Waals surface area contributed by atoms with Gasteiger partial charge in [0.25, 0.3) is 6.02 Å². The third-order valence-corrected chi connectivity index (χ3v) is 8.62. The van der Waals surface area contributed by atoms with E-state index in [4.69, 9.17) is 30.8 Å². The average molecular weight is 529 g/mol. The Balaban J connectivity index is 0.981. The molecule has 37 heavy (non-hydrogen) atoms. The van der Waals surface area contributed by atoms with Crippen LogP contribution in [-0.2, 0) is 14.2 Å². The summed E-state index contributed by atoms with van der Waals surface area (Å²) in [6.45, 7) is 5.23. The number of rotatable bonds is 4. The van der Waals surface area contributed by atoms with E-state index in [0.717, 1.165) is 41.9 Å². The molecule has 6 aliphatic rings. The first-order chi connectivity index (χ1) is 18.1. The summed E-state index contributed by atoms with van der Waals surface area (Å²) in [7, 11) is 0. The van der Waals surface area contributed by atoms with Crippen molar-refractivity contribution in [2.75, 3.05) is 44.3 Å². The zero-order chi connectivity index (χ0) is 24.9. The number of amidine groups is 1. The summed E-state index contributed by atoms with van der Waals surface area (Å²) in [5, 5.41) is 17.2. The molecule has 3 N–H and O–H groups in total. The van der Waals surface area contributed by atoms with Crippen molar-refractivity contribution in [1.82, 2.24) is 20.5 Å². The molecule has 0 spiro atoms. The fourth-order valence-electron chi connectivity index (χ4n) is 6.31. The normalized spacial score (nSPS) is 34.1. The Morgan fingerprint density at radius 3 is 2.65 bits per heavy atom. The maximum absolute atomic E-state index is 9.96. The predicted octanol–water partition coefficient (Wildman–Crippen LogP) is 1.37. The number of piperidine rings is 1. The van der Waals surface area contributed by atoms with E-state index in [2.05, 4.69) is 37.6 Å². The summed E-state index contributed by atoms with van der Waals surface area (Å²) in [6.07, 6.45) is 6.94. The highest BCUT2D eigenvalue weighted by Crippen LogP contribution is 2.32. The Hall–Kier alpha value is -2.37. The van der Waals surface area contributed by atoms with Gasteiger partial charge in [0.2, 0.25) is 0 Å². The second-order valence-electron chi connectivity index (χ2n) is 10.6. The Bertz CT molecular complexity index is 1110. The highest BCUT2D eigenvalue weighted by atomic mass is 35.5. The van der Waals surface area contributed by atoms with E-state index in [9.17, 15) is 5.11 Å². The number of aromatic nitrogens is 1. The van der Waals surface area contributed by atoms with Crippen molar-refractivity contribution in [3.8, 4) is 0 Å². The van der Waals surface area contributed by atoms with Gasteiger partial charge in [-0.25, -0.2) is 9.98 Å². The number of anilines is 1. The van der Waals surface area contributed by atoms with Crippen molar-refractivity contribution in [2.45, 2.75) is 62.3 Å². The van der Waals surface area contributed by atoms with E-state index < -0.39 is 6.10 Å². The van der Waals surface area contributed by atoms with Gasteiger partial charge < -0.3 is 39.8 Å². The van der Waals surface area contributed by atoms with Gasteiger partial charge in [-0.3, -0.25) is 0 Å². The lowest BCUT2D eigenvalue weighted by Crippen LogP contribution is -2.44. The maximum Gasteiger partial charge on any atom is 0.292 e. The minimum atomic E-state index is -0.614. The number of dihydropyridines is 1. The number of allylic oxidation sites excluding steroid dienone is 2. The molecule has 10 nitrogen and oxygen atoms in total. The maximum atomic E-state index is 9.96. The van der Waals surface area contributed by atoms with Crippen molar-refractivity contribution in [3.63, 3.8) is 0 Å². The molecule has 4 saturated heterocycles. The molecule has 1 aromatic heterocycles. The van der Waals surface area contributed by atoms with E-state index in [1.165, 1.54) is 38.8 Å². The summed E-state index contributed by atoms with van der Waals surface area (Å²) in [5.74, 6) is 1.01. The summed E-state index contributed by atoms with van der Waals surface area (Å²) < 4.78 is 17.3. The van der Waals surface area contributed by atoms with Crippen molar-refractivity contribution >= 4 is 29.1 Å². The summed E-state index contributed by atoms with van der Waals surface area (Å²) in [4.78, 5) is 14.5. The fourth-order valence-corrected chi connectivity index (χ4v) is 6.59. The topological polar surface area (TPSA) is 104 Å². The van der Waals surface area contributed by atoms with Crippen LogP contribution in [0.5, 0.6) is 0 Å². The van der Waals surface area contributed by atoms with Gasteiger partial charge >= 0.3 is 0 Å². The number of likely N-dealkylation sites (tertiary alicyclic amines) is 1. The third kappa shape index (κ3) is 4.48. The smallest absolute Gasteiger partial charge is 0.292 e. The number of aliphatic imine (C=N–C) groups is 1. The van der Waals surface area contributed by atoms with Crippen LogP contribution in [0.25, 0.3) is 5.70 Å². The molecule has 5 atom stereocenters. The van der Waals surface area contributed by atoms with E-state index in [-0.39, 0.29) is 31.1 Å². The number of hydrogen-bond acceptors (Lipinski definition) is 10. The minimum Gasteiger partial charge on any atom is -0.456 e. The molecule has 7 rings (SSSR count). The number of aliphatic hydroxyl groups excluding tert-OH is 1. The quantitative estimate of drug-likeness (QED) is 0.534. The molecule has 6 aliphatic heterocycles. The van der Waals surface area contributed by atoms with Crippen LogP contribution in [0.2, 0.25) is 0 Å². The van der Waals surface area contributed by atoms with Crippen LogP contribution in [0.15, 0.2) is 40.1 Å². The van der Waals surface area contributed by atoms with Crippen LogP contribution in [0.1, 0.15) is 31.2 Å². The molecule has 0 saturated carbocycles. The van der Waals surface area contributed by atoms with Gasteiger partial charge in [-0.05, 0) is 57.0 Å². The lowest BCUT2D eigenvalue weighted by molar-refractivity contribution is 0.00516. The fraction of sp³-hybridized carbons (Fsp3) is 0.615. The Morgan fingerprint density at radius 2 is 1.86 bits per heavy atom. The third-order valence-electron chi connectivity index (χ3n) is 8.32. The molecule has 1 aromatic rings. The van der Waals surface area contributed by atoms with Gasteiger partial charge in [-0.15, -0.1) is 0 Å². The lowest BCUT2D eigenvalue weighted by atomic mass is 10.0. The van der Waals surface area contributed by atoms with Crippen LogP contribution in [0.3, 0.4) is 0 Å². The number of fused-ring (bicyclic) bond motifs is 2. The second-order valence-corrected chi connectivity index (χ2v) is 11.0. The van der Waals surface area contributed by atoms with Gasteiger partial charge in [0.1, 0.15) is 24.1 Å². The Morgan fingerprint density at radius 1 is 1.05 bits per heavy atom. The summed E-state index contributed by atoms with van der Waals surface area (Å²) in [5.41, 5.74) is 2.53. The number of aliphatic hydroxyl groups is 1. The highest BCUT2D eigenvalue weighted by molar-refractivity contribution is 6.34. The lowest BCUT2D eigenvalue weighted by Gasteiger charge is -2.37. The number of hydrogen-bond donors (Lipinski definition) is 3. The van der Waals surface area contributed by atoms with E-state index >= 15 is 0 Å². The summed E-state index contributed by atoms with van der Waals surface area (Å²) in [6, 6.07) is 5.27. The van der Waals surface area contributed by atoms with Crippen molar-refractivity contribution < 1.29 is 19.3 Å². The molecule has 5 unspecified atom stereocenters. The Labute approximate surface area is 221 Å². The molecule has 0 aromatic carbocycles. The molecular weight excluding hydrogens is 496 g/mol. The SMILES string of the molecule is OC1COC2C(OC3=NC4NC(c5ccc(N6CCC(N7CCCC7)CC6)nc5)=C(Cl)C=C4N3)COC12. The molecule has 0 radical (unpaired) electrons. The highest BCUT2D eigenvalue weighted by Gasteiger charge is 2.49. The van der Waals surface area contributed by atoms with Gasteiger partial charge in [-0.1, -0.05) is 11.6 Å². The first-order valence-electron chi connectivity index (χ1n) is 13.4. The number of nitrogens with one attached hydrogen (secondary N) is 2. The zero-order valence-electron chi connectivity index (χ0n) is 20.7. The van der Waals surface area contributed by atoms with Crippen LogP contribution in [0.4, 0.5) is 5.82 Å². The standard InChI is InChI=1S/C26H33ClN6O4/c27-17-11-18-25(31-26(29-18)37-20-14-36-23-19(34)13-35-24(20)23)30-22(17)15-3-4-21(28-12-15)33-9-5-16(6-10-33)32-7-1-2-8-32/h3-4,11-12,16,19-20,23-25,30,34H,1-2,5-10,13-14H2,(H,29,31). The predicted molar refractivity (Wildman–Crippen MR) is 139 cm³/mol. The zero-order valence-corrected chi connectivity index (χ0v) is 21.4. The van der Waals surface area contributed by atoms with Crippen molar-refractivity contribution in [3.05, 3.63) is 40.7 Å². The minimum absolute atomic E-state index is 0.261. The number of pyridine rings is 1. The average Bonchev–Trinajstić information content (AvgIpc) is 3.71. The number of halogens is 1. The molecule has 4 fully saturated rings. The molecule has 7 heterocycles. The first kappa shape index (κ1) is 23.7. The molecule has 0 bridgehead atoms. The summed E-state index contributed by atoms with van der Waals surface area (Å²) >= 11 is 6.66. The van der Waals surface area contributed by atoms with Crippen LogP contribution >= 0.6 is 11.6 Å². The monoisotopic (exact) mass is 528 g/mol. The number of ether oxygens (including phenoxy) is 3. The first-order valence-corrected chi connectivity index (χ1v) is 13.8. The molecule has 0 aliphatic carbocycles. The van der Waals surface area contributed by atoms with E-state index in [0.29, 0.717) is 17.7 Å². The van der Waals surface area contributed by atoms with Gasteiger partial charge in [0, 0.05) is 30.9 Å². The van der Waals surface area contributed by atoms with Gasteiger partial charge in [0.05, 0.1) is 29.6 Å². The molecule has 0 amide bonds. The van der Waals surface area contributed by atoms with Gasteiger partial charge in [-0.2, -0.15) is 0 Å². The van der Waals surface area contributed by atoms with Crippen LogP contribution < -0.4 is 15.5 Å². The van der Waals surface area contributed by atoms with Crippen LogP contribution in [0, 0.1) is 0 Å². The van der Waals surface area contributed by atoms with Crippen LogP contribution in [-0.4, -0.2) is 97.0 Å². The molecular formula is C26H33ClN6O4. The second kappa shape index (κ2) is 9.74. The Kier molecular flexibility index (Phi) is 6.25. The van der Waals surface area contributed by atoms with Gasteiger partial charge in [0.15, 0.2) is 12.3 Å². The molecule has 198 valence electrons. The van der Waals surface area contributed by atoms with Crippen molar-refractivity contribution in [2.24, 2.45) is 4.99 Å². The van der Waals surface area contributed by atoms with E-state index in [1.807, 2.05) is 12.3 Å². The largest absolute Gasteiger partial charge is 0.456 e. The van der Waals surface area contributed by atoms with E-state index in [1.54, 1.807) is 0 Å².